The second-order valence-electron chi connectivity index (χ2n) is 28.1. The fourth-order valence-electron chi connectivity index (χ4n) is 14.3. The smallest absolute Gasteiger partial charge is 0.454 e. The van der Waals surface area contributed by atoms with Gasteiger partial charge in [-0.15, -0.1) is 0 Å². The average Bonchev–Trinajstić information content (AvgIpc) is 1.53. The van der Waals surface area contributed by atoms with Crippen molar-refractivity contribution >= 4 is 183 Å². The summed E-state index contributed by atoms with van der Waals surface area (Å²) in [6, 6.07) is 67.9. The van der Waals surface area contributed by atoms with Gasteiger partial charge >= 0.3 is 19.5 Å². The van der Waals surface area contributed by atoms with Crippen LogP contribution in [0.3, 0.4) is 0 Å². The molecular weight excluding hydrogens is 1740 g/mol. The molecule has 0 fully saturated rings. The molecule has 5 heterocycles. The van der Waals surface area contributed by atoms with Crippen molar-refractivity contribution < 1.29 is 38.4 Å². The Kier molecular flexibility index (Phi) is 21.8. The maximum Gasteiger partial charge on any atom is 2.00 e. The van der Waals surface area contributed by atoms with Gasteiger partial charge in [0.25, 0.3) is 0 Å². The standard InChI is InChI=1S/C89H54Cl12N8O4.Zn/c1-42(2)48-33-19-22-36-52(48)110-76-68(94)60-57(64(90)72(76)98)83-107-85-62-58(66(92)74(100)78(70(62)96)112-54-38-24-21-35-50(54)44-27-13-8-14-28-44)82(106-85)105-84-61-56(65(91)73(99)77(69(61)95)111-53-37-23-20-34-49(53)43-25-11-7-12-26-43)80(103-84)102-81-59-63(87(104-81)109-86(60)108-83)71(97)79(75(101)67(59)93)113-55-40-39-47(88(3,4)45-29-15-9-16-30-45)41-51(55)89(5,6)46-31-17-10-18-32-46;/h7-42H,1-6H3;/q-2;+2. The Labute approximate surface area is 727 Å². The number of para-hydroxylation sites is 3. The predicted octanol–water partition coefficient (Wildman–Crippen LogP) is 30.2. The Balaban J connectivity index is 0.00000979. The summed E-state index contributed by atoms with van der Waals surface area (Å²) in [5.41, 5.74) is 6.30. The largest absolute Gasteiger partial charge is 2.00 e. The maximum atomic E-state index is 8.00. The molecular formula is C89H54Cl12N8O4Zn. The fourth-order valence-corrected chi connectivity index (χ4v) is 17.7. The van der Waals surface area contributed by atoms with E-state index in [4.69, 9.17) is 198 Å². The predicted molar refractivity (Wildman–Crippen MR) is 462 cm³/mol. The summed E-state index contributed by atoms with van der Waals surface area (Å²) in [4.78, 5) is 41.8. The van der Waals surface area contributed by atoms with Crippen LogP contribution in [0.4, 0.5) is 0 Å². The topological polar surface area (TPSA) is 142 Å². The van der Waals surface area contributed by atoms with Crippen molar-refractivity contribution in [1.29, 1.82) is 0 Å². The quantitative estimate of drug-likeness (QED) is 0.0712. The SMILES string of the molecule is CC(C)c1ccccc1Oc1c(Cl)c(Cl)c2c(c1Cl)-c1nc-2nc2[n-]c(nc3nc(nc4[n-]c(n1)c1c(Cl)c(Oc5ccc(C(C)(C)c6ccccc6)cc5C(C)(C)c5ccccc5)c(Cl)c(Cl)c41)-c1c(Cl)c(Cl)c(Oc4ccccc4-c4ccccc4)c(Cl)c1-3)c1c(Cl)c(Cl)c(Oc3ccccc3-c3ccccc3)c(Cl)c21.[Zn+2]. The minimum Gasteiger partial charge on any atom is -0.454 e. The van der Waals surface area contributed by atoms with Crippen molar-refractivity contribution in [3.05, 3.63) is 300 Å². The molecule has 25 heteroatoms. The van der Waals surface area contributed by atoms with E-state index in [0.717, 1.165) is 38.9 Å². The molecule has 12 nitrogen and oxygen atoms in total. The van der Waals surface area contributed by atoms with Crippen molar-refractivity contribution in [2.75, 3.05) is 0 Å². The third kappa shape index (κ3) is 13.7. The van der Waals surface area contributed by atoms with Crippen molar-refractivity contribution in [3.8, 4) is 114 Å². The zero-order valence-electron chi connectivity index (χ0n) is 60.7. The van der Waals surface area contributed by atoms with Crippen LogP contribution in [0.15, 0.2) is 212 Å². The molecule has 0 saturated heterocycles. The molecule has 2 aliphatic rings. The third-order valence-corrected chi connectivity index (χ3v) is 25.1. The van der Waals surface area contributed by atoms with Crippen molar-refractivity contribution in [1.82, 2.24) is 39.9 Å². The average molecular weight is 1790 g/mol. The van der Waals surface area contributed by atoms with E-state index in [0.29, 0.717) is 34.1 Å². The minimum absolute atomic E-state index is 0. The van der Waals surface area contributed by atoms with Gasteiger partial charge in [-0.25, -0.2) is 9.97 Å². The van der Waals surface area contributed by atoms with Crippen LogP contribution in [-0.4, -0.2) is 29.9 Å². The number of nitrogens with zero attached hydrogens (tertiary/aromatic N) is 8. The first-order chi connectivity index (χ1) is 54.4. The van der Waals surface area contributed by atoms with Gasteiger partial charge in [0.2, 0.25) is 0 Å². The Hall–Kier alpha value is -8.70. The molecule has 15 aromatic rings. The number of halogens is 12. The van der Waals surface area contributed by atoms with Crippen LogP contribution in [0, 0.1) is 0 Å². The van der Waals surface area contributed by atoms with Crippen LogP contribution in [0.25, 0.3) is 112 Å². The number of hydrogen-bond acceptors (Lipinski definition) is 10. The number of rotatable bonds is 15. The zero-order chi connectivity index (χ0) is 78.8. The fraction of sp³-hybridized carbons (Fsp3) is 0.101. The molecule has 0 amide bonds. The number of benzene rings is 12. The molecule has 560 valence electrons. The second-order valence-corrected chi connectivity index (χ2v) is 32.6. The monoisotopic (exact) mass is 1780 g/mol. The molecule has 8 bridgehead atoms. The van der Waals surface area contributed by atoms with Gasteiger partial charge in [0.15, 0.2) is 23.0 Å². The Morgan fingerprint density at radius 3 is 1.02 bits per heavy atom. The number of fused-ring (bicyclic) bond motifs is 20. The van der Waals surface area contributed by atoms with Crippen LogP contribution >= 0.6 is 139 Å². The first-order valence-electron chi connectivity index (χ1n) is 35.3. The molecule has 17 rings (SSSR count). The van der Waals surface area contributed by atoms with Crippen LogP contribution in [-0.2, 0) is 30.3 Å². The van der Waals surface area contributed by atoms with E-state index in [9.17, 15) is 0 Å². The number of ether oxygens (including phenoxy) is 4. The van der Waals surface area contributed by atoms with Gasteiger partial charge in [0.05, 0.1) is 63.5 Å². The van der Waals surface area contributed by atoms with Crippen molar-refractivity contribution in [3.63, 3.8) is 0 Å². The molecule has 0 N–H and O–H groups in total. The molecule has 3 aromatic heterocycles. The van der Waals surface area contributed by atoms with E-state index in [2.05, 4.69) is 58.0 Å². The Morgan fingerprint density at radius 2 is 0.605 bits per heavy atom. The summed E-state index contributed by atoms with van der Waals surface area (Å²) in [5, 5.41) is -1.07. The molecule has 12 aromatic carbocycles. The maximum absolute atomic E-state index is 8.00. The zero-order valence-corrected chi connectivity index (χ0v) is 72.8. The van der Waals surface area contributed by atoms with E-state index in [1.165, 1.54) is 0 Å². The molecule has 0 radical (unpaired) electrons. The van der Waals surface area contributed by atoms with Crippen LogP contribution in [0.2, 0.25) is 60.3 Å². The van der Waals surface area contributed by atoms with Crippen LogP contribution < -0.4 is 28.9 Å². The van der Waals surface area contributed by atoms with Gasteiger partial charge in [-0.3, -0.25) is 0 Å². The van der Waals surface area contributed by atoms with Crippen molar-refractivity contribution in [2.24, 2.45) is 0 Å². The molecule has 114 heavy (non-hydrogen) atoms. The molecule has 0 saturated carbocycles. The normalized spacial score (nSPS) is 12.0. The first kappa shape index (κ1) is 79.2. The molecule has 0 unspecified atom stereocenters. The summed E-state index contributed by atoms with van der Waals surface area (Å²) in [5.74, 6) is 0.726. The molecule has 0 atom stereocenters. The van der Waals surface area contributed by atoms with E-state index < -0.39 is 10.8 Å². The van der Waals surface area contributed by atoms with E-state index >= 15 is 0 Å². The summed E-state index contributed by atoms with van der Waals surface area (Å²) in [6.45, 7) is 12.7. The third-order valence-electron chi connectivity index (χ3n) is 20.3. The van der Waals surface area contributed by atoms with Gasteiger partial charge in [-0.1, -0.05) is 369 Å². The van der Waals surface area contributed by atoms with E-state index in [1.807, 2.05) is 178 Å². The van der Waals surface area contributed by atoms with Crippen LogP contribution in [0.5, 0.6) is 46.0 Å². The Morgan fingerprint density at radius 1 is 0.289 bits per heavy atom. The van der Waals surface area contributed by atoms with E-state index in [1.54, 1.807) is 18.2 Å². The van der Waals surface area contributed by atoms with E-state index in [-0.39, 0.29) is 198 Å². The van der Waals surface area contributed by atoms with Gasteiger partial charge in [0, 0.05) is 93.9 Å². The molecule has 2 aliphatic heterocycles. The van der Waals surface area contributed by atoms with Gasteiger partial charge in [-0.2, -0.15) is 0 Å². The van der Waals surface area contributed by atoms with Gasteiger partial charge in [-0.05, 0) is 63.6 Å². The Bertz CT molecular complexity index is 6660. The molecule has 0 spiro atoms. The van der Waals surface area contributed by atoms with Gasteiger partial charge in [0.1, 0.15) is 43.1 Å². The minimum atomic E-state index is -0.716. The van der Waals surface area contributed by atoms with Crippen LogP contribution in [0.1, 0.15) is 75.3 Å². The van der Waals surface area contributed by atoms with Gasteiger partial charge < -0.3 is 48.9 Å². The molecule has 0 aliphatic carbocycles. The summed E-state index contributed by atoms with van der Waals surface area (Å²) in [6.07, 6.45) is 0. The van der Waals surface area contributed by atoms with Crippen molar-refractivity contribution in [2.45, 2.75) is 58.3 Å². The summed E-state index contributed by atoms with van der Waals surface area (Å²) < 4.78 is 27.6. The summed E-state index contributed by atoms with van der Waals surface area (Å²) >= 11 is 92.2. The summed E-state index contributed by atoms with van der Waals surface area (Å²) in [7, 11) is 0. The number of aromatic nitrogens is 8. The number of hydrogen-bond donors (Lipinski definition) is 0. The first-order valence-corrected chi connectivity index (χ1v) is 39.8. The second kappa shape index (κ2) is 31.4.